The first-order valence-electron chi connectivity index (χ1n) is 9.28. The molecule has 0 bridgehead atoms. The molecule has 1 aromatic heterocycles. The number of benzene rings is 1. The average Bonchev–Trinajstić information content (AvgIpc) is 2.93. The highest BCUT2D eigenvalue weighted by Gasteiger charge is 2.26. The summed E-state index contributed by atoms with van der Waals surface area (Å²) in [4.78, 5) is 13.3. The SMILES string of the molecule is CC(C)=C(C)c1c(Cl)ccc(C(=O)c2cnn(C)c2OS(=O)(=O)CC(C)C)c1C. The molecule has 0 fully saturated rings. The van der Waals surface area contributed by atoms with Crippen LogP contribution in [0.1, 0.15) is 61.7 Å². The second-order valence-electron chi connectivity index (χ2n) is 7.74. The van der Waals surface area contributed by atoms with Gasteiger partial charge in [-0.15, -0.1) is 0 Å². The van der Waals surface area contributed by atoms with Crippen molar-refractivity contribution in [2.24, 2.45) is 13.0 Å². The summed E-state index contributed by atoms with van der Waals surface area (Å²) in [6.45, 7) is 11.3. The highest BCUT2D eigenvalue weighted by atomic mass is 35.5. The number of ketones is 1. The Morgan fingerprint density at radius 3 is 2.38 bits per heavy atom. The Morgan fingerprint density at radius 2 is 1.83 bits per heavy atom. The zero-order chi connectivity index (χ0) is 22.1. The van der Waals surface area contributed by atoms with Gasteiger partial charge >= 0.3 is 10.1 Å². The predicted molar refractivity (Wildman–Crippen MR) is 116 cm³/mol. The summed E-state index contributed by atoms with van der Waals surface area (Å²) in [5.74, 6) is -0.730. The molecular weight excluding hydrogens is 412 g/mol. The molecule has 2 aromatic rings. The third-order valence-electron chi connectivity index (χ3n) is 4.66. The molecule has 6 nitrogen and oxygen atoms in total. The van der Waals surface area contributed by atoms with Crippen molar-refractivity contribution in [2.45, 2.75) is 41.5 Å². The number of aryl methyl sites for hydroxylation is 1. The fourth-order valence-electron chi connectivity index (χ4n) is 3.02. The molecule has 0 aliphatic rings. The molecular formula is C21H27ClN2O4S. The van der Waals surface area contributed by atoms with Crippen molar-refractivity contribution in [3.05, 3.63) is 51.2 Å². The van der Waals surface area contributed by atoms with Crippen molar-refractivity contribution >= 4 is 33.1 Å². The third kappa shape index (κ3) is 5.08. The van der Waals surface area contributed by atoms with Gasteiger partial charge in [0.2, 0.25) is 5.88 Å². The Bertz CT molecular complexity index is 1080. The Hall–Kier alpha value is -2.12. The first-order valence-corrected chi connectivity index (χ1v) is 11.2. The van der Waals surface area contributed by atoms with Crippen LogP contribution in [0, 0.1) is 12.8 Å². The van der Waals surface area contributed by atoms with Crippen LogP contribution < -0.4 is 4.18 Å². The molecule has 0 saturated carbocycles. The number of carbonyl (C=O) groups is 1. The number of hydrogen-bond donors (Lipinski definition) is 0. The molecule has 158 valence electrons. The molecule has 0 atom stereocenters. The molecule has 1 aromatic carbocycles. The maximum atomic E-state index is 13.3. The monoisotopic (exact) mass is 438 g/mol. The second-order valence-corrected chi connectivity index (χ2v) is 9.76. The van der Waals surface area contributed by atoms with Crippen LogP contribution in [0.2, 0.25) is 5.02 Å². The molecule has 0 aliphatic carbocycles. The van der Waals surface area contributed by atoms with Crippen LogP contribution in [0.25, 0.3) is 5.57 Å². The van der Waals surface area contributed by atoms with Crippen LogP contribution in [-0.4, -0.2) is 29.7 Å². The Labute approximate surface area is 177 Å². The molecule has 0 saturated heterocycles. The molecule has 0 amide bonds. The van der Waals surface area contributed by atoms with Crippen molar-refractivity contribution in [1.82, 2.24) is 9.78 Å². The summed E-state index contributed by atoms with van der Waals surface area (Å²) in [5.41, 5.74) is 4.11. The van der Waals surface area contributed by atoms with Gasteiger partial charge in [-0.2, -0.15) is 13.5 Å². The van der Waals surface area contributed by atoms with Gasteiger partial charge in [0.05, 0.1) is 11.9 Å². The minimum Gasteiger partial charge on any atom is -0.361 e. The van der Waals surface area contributed by atoms with E-state index < -0.39 is 10.1 Å². The number of aromatic nitrogens is 2. The summed E-state index contributed by atoms with van der Waals surface area (Å²) in [6, 6.07) is 3.32. The van der Waals surface area contributed by atoms with Gasteiger partial charge in [-0.3, -0.25) is 4.79 Å². The summed E-state index contributed by atoms with van der Waals surface area (Å²) in [7, 11) is -2.32. The van der Waals surface area contributed by atoms with Crippen molar-refractivity contribution in [1.29, 1.82) is 0 Å². The van der Waals surface area contributed by atoms with Gasteiger partial charge in [0, 0.05) is 17.6 Å². The molecule has 8 heteroatoms. The fraction of sp³-hybridized carbons (Fsp3) is 0.429. The highest BCUT2D eigenvalue weighted by Crippen LogP contribution is 2.33. The quantitative estimate of drug-likeness (QED) is 0.458. The van der Waals surface area contributed by atoms with Crippen LogP contribution in [0.5, 0.6) is 5.88 Å². The molecule has 0 radical (unpaired) electrons. The van der Waals surface area contributed by atoms with Gasteiger partial charge in [-0.25, -0.2) is 4.68 Å². The summed E-state index contributed by atoms with van der Waals surface area (Å²) in [5, 5.41) is 4.59. The number of hydrogen-bond acceptors (Lipinski definition) is 5. The van der Waals surface area contributed by atoms with Gasteiger partial charge in [0.15, 0.2) is 5.78 Å². The van der Waals surface area contributed by atoms with Crippen LogP contribution in [0.4, 0.5) is 0 Å². The van der Waals surface area contributed by atoms with Gasteiger partial charge in [-0.05, 0) is 62.4 Å². The maximum absolute atomic E-state index is 13.3. The average molecular weight is 439 g/mol. The molecule has 0 unspecified atom stereocenters. The van der Waals surface area contributed by atoms with E-state index in [0.29, 0.717) is 10.6 Å². The molecule has 2 rings (SSSR count). The summed E-state index contributed by atoms with van der Waals surface area (Å²) >= 11 is 6.40. The highest BCUT2D eigenvalue weighted by molar-refractivity contribution is 7.87. The van der Waals surface area contributed by atoms with Gasteiger partial charge in [-0.1, -0.05) is 31.0 Å². The molecule has 0 spiro atoms. The van der Waals surface area contributed by atoms with Gasteiger partial charge in [0.25, 0.3) is 0 Å². The lowest BCUT2D eigenvalue weighted by Crippen LogP contribution is -2.20. The molecule has 0 aliphatic heterocycles. The van der Waals surface area contributed by atoms with Crippen molar-refractivity contribution < 1.29 is 17.4 Å². The van der Waals surface area contributed by atoms with Crippen molar-refractivity contribution in [3.8, 4) is 5.88 Å². The number of rotatable bonds is 7. The van der Waals surface area contributed by atoms with E-state index in [9.17, 15) is 13.2 Å². The lowest BCUT2D eigenvalue weighted by molar-refractivity contribution is 0.103. The zero-order valence-electron chi connectivity index (χ0n) is 17.8. The summed E-state index contributed by atoms with van der Waals surface area (Å²) < 4.78 is 31.1. The minimum atomic E-state index is -3.86. The van der Waals surface area contributed by atoms with E-state index in [-0.39, 0.29) is 28.9 Å². The predicted octanol–water partition coefficient (Wildman–Crippen LogP) is 4.79. The van der Waals surface area contributed by atoms with E-state index in [0.717, 1.165) is 22.3 Å². The zero-order valence-corrected chi connectivity index (χ0v) is 19.4. The van der Waals surface area contributed by atoms with Crippen molar-refractivity contribution in [2.75, 3.05) is 5.75 Å². The van der Waals surface area contributed by atoms with E-state index in [2.05, 4.69) is 5.10 Å². The standard InChI is InChI=1S/C21H27ClN2O4S/c1-12(2)11-29(26,27)28-21-17(10-23-24(21)7)20(25)16-8-9-18(22)19(15(16)6)14(5)13(3)4/h8-10,12H,11H2,1-7H3. The van der Waals surface area contributed by atoms with Crippen LogP contribution in [0.3, 0.4) is 0 Å². The lowest BCUT2D eigenvalue weighted by Gasteiger charge is -2.15. The first-order chi connectivity index (χ1) is 13.4. The number of halogens is 1. The van der Waals surface area contributed by atoms with E-state index in [1.165, 1.54) is 17.9 Å². The summed E-state index contributed by atoms with van der Waals surface area (Å²) in [6.07, 6.45) is 1.32. The Morgan fingerprint density at radius 1 is 1.21 bits per heavy atom. The fourth-order valence-corrected chi connectivity index (χ4v) is 4.69. The smallest absolute Gasteiger partial charge is 0.310 e. The molecule has 0 N–H and O–H groups in total. The van der Waals surface area contributed by atoms with Crippen LogP contribution >= 0.6 is 11.6 Å². The van der Waals surface area contributed by atoms with E-state index in [1.54, 1.807) is 26.0 Å². The van der Waals surface area contributed by atoms with E-state index in [1.807, 2.05) is 27.7 Å². The minimum absolute atomic E-state index is 0.0889. The molecule has 1 heterocycles. The van der Waals surface area contributed by atoms with E-state index in [4.69, 9.17) is 15.8 Å². The van der Waals surface area contributed by atoms with Crippen LogP contribution in [-0.2, 0) is 17.2 Å². The maximum Gasteiger partial charge on any atom is 0.310 e. The second kappa shape index (κ2) is 8.71. The van der Waals surface area contributed by atoms with Crippen LogP contribution in [0.15, 0.2) is 23.9 Å². The van der Waals surface area contributed by atoms with Crippen molar-refractivity contribution in [3.63, 3.8) is 0 Å². The van der Waals surface area contributed by atoms with E-state index >= 15 is 0 Å². The number of nitrogens with zero attached hydrogens (tertiary/aromatic N) is 2. The lowest BCUT2D eigenvalue weighted by atomic mass is 9.92. The van der Waals surface area contributed by atoms with Gasteiger partial charge in [0.1, 0.15) is 5.56 Å². The Balaban J connectivity index is 2.56. The molecule has 29 heavy (non-hydrogen) atoms. The normalized spacial score (nSPS) is 11.6. The number of allylic oxidation sites excluding steroid dienone is 2. The Kier molecular flexibility index (Phi) is 6.96. The topological polar surface area (TPSA) is 78.3 Å². The number of carbonyl (C=O) groups excluding carboxylic acids is 1. The van der Waals surface area contributed by atoms with Gasteiger partial charge < -0.3 is 4.18 Å². The first kappa shape index (κ1) is 23.2. The third-order valence-corrected chi connectivity index (χ3v) is 6.46. The largest absolute Gasteiger partial charge is 0.361 e.